The summed E-state index contributed by atoms with van der Waals surface area (Å²) in [6.45, 7) is 1.61. The normalized spacial score (nSPS) is 30.8. The van der Waals surface area contributed by atoms with Crippen molar-refractivity contribution in [3.8, 4) is 0 Å². The second kappa shape index (κ2) is 2.92. The van der Waals surface area contributed by atoms with Crippen LogP contribution in [0.1, 0.15) is 6.92 Å². The lowest BCUT2D eigenvalue weighted by molar-refractivity contribution is -0.150. The molecule has 0 amide bonds. The van der Waals surface area contributed by atoms with Crippen molar-refractivity contribution in [3.05, 3.63) is 11.8 Å². The van der Waals surface area contributed by atoms with E-state index in [4.69, 9.17) is 4.74 Å². The fraction of sp³-hybridized carbons (Fsp3) is 0.571. The zero-order valence-electron chi connectivity index (χ0n) is 6.40. The molecule has 0 aromatic rings. The zero-order valence-corrected chi connectivity index (χ0v) is 6.40. The number of esters is 1. The molecule has 1 aliphatic rings. The maximum atomic E-state index is 10.7. The van der Waals surface area contributed by atoms with Crippen LogP contribution in [-0.2, 0) is 14.3 Å². The van der Waals surface area contributed by atoms with Crippen molar-refractivity contribution >= 4 is 5.97 Å². The van der Waals surface area contributed by atoms with Gasteiger partial charge in [-0.15, -0.1) is 0 Å². The molecule has 62 valence electrons. The molecule has 0 saturated heterocycles. The Labute approximate surface area is 64.4 Å². The summed E-state index contributed by atoms with van der Waals surface area (Å²) < 4.78 is 9.44. The number of carbonyl (C=O) groups is 1. The fourth-order valence-electron chi connectivity index (χ4n) is 0.894. The predicted octanol–water partition coefficient (Wildman–Crippen LogP) is -0.177. The number of hydrogen-bond acceptors (Lipinski definition) is 4. The molecule has 0 fully saturated rings. The first kappa shape index (κ1) is 8.07. The first-order valence-electron chi connectivity index (χ1n) is 3.29. The highest BCUT2D eigenvalue weighted by molar-refractivity contribution is 5.83. The molecule has 0 saturated carbocycles. The lowest BCUT2D eigenvalue weighted by atomic mass is 10.1. The standard InChI is InChI=1S/C7H10O4/c1-4-7(9)5(10-2)3-6(8)11-4/h3-4,7,9H,1-2H3/t4-,7-/m1/s1. The lowest BCUT2D eigenvalue weighted by Crippen LogP contribution is -2.34. The van der Waals surface area contributed by atoms with Gasteiger partial charge in [-0.05, 0) is 6.92 Å². The first-order chi connectivity index (χ1) is 5.15. The third kappa shape index (κ3) is 1.51. The molecule has 1 rings (SSSR count). The van der Waals surface area contributed by atoms with Gasteiger partial charge in [0.05, 0.1) is 13.2 Å². The van der Waals surface area contributed by atoms with E-state index >= 15 is 0 Å². The van der Waals surface area contributed by atoms with E-state index in [0.29, 0.717) is 0 Å². The van der Waals surface area contributed by atoms with Crippen molar-refractivity contribution in [2.24, 2.45) is 0 Å². The number of methoxy groups -OCH3 is 1. The number of aliphatic hydroxyl groups excluding tert-OH is 1. The monoisotopic (exact) mass is 158 g/mol. The van der Waals surface area contributed by atoms with Crippen molar-refractivity contribution < 1.29 is 19.4 Å². The van der Waals surface area contributed by atoms with Gasteiger partial charge in [0.25, 0.3) is 0 Å². The van der Waals surface area contributed by atoms with Crippen molar-refractivity contribution in [1.29, 1.82) is 0 Å². The molecule has 0 aromatic carbocycles. The van der Waals surface area contributed by atoms with E-state index in [-0.39, 0.29) is 5.76 Å². The molecular weight excluding hydrogens is 148 g/mol. The second-order valence-electron chi connectivity index (χ2n) is 2.34. The van der Waals surface area contributed by atoms with Gasteiger partial charge in [-0.25, -0.2) is 4.79 Å². The third-order valence-electron chi connectivity index (χ3n) is 1.53. The zero-order chi connectivity index (χ0) is 8.43. The van der Waals surface area contributed by atoms with E-state index in [1.54, 1.807) is 6.92 Å². The molecule has 11 heavy (non-hydrogen) atoms. The Kier molecular flexibility index (Phi) is 2.14. The van der Waals surface area contributed by atoms with E-state index in [0.717, 1.165) is 6.08 Å². The summed E-state index contributed by atoms with van der Waals surface area (Å²) in [5, 5.41) is 9.28. The molecule has 0 bridgehead atoms. The quantitative estimate of drug-likeness (QED) is 0.538. The van der Waals surface area contributed by atoms with Gasteiger partial charge < -0.3 is 14.6 Å². The minimum absolute atomic E-state index is 0.258. The molecule has 0 unspecified atom stereocenters. The summed E-state index contributed by atoms with van der Waals surface area (Å²) in [6.07, 6.45) is -0.217. The molecule has 0 radical (unpaired) electrons. The van der Waals surface area contributed by atoms with Gasteiger partial charge in [0.15, 0.2) is 0 Å². The highest BCUT2D eigenvalue weighted by Gasteiger charge is 2.28. The van der Waals surface area contributed by atoms with E-state index in [1.165, 1.54) is 7.11 Å². The Bertz CT molecular complexity index is 197. The minimum atomic E-state index is -0.835. The van der Waals surface area contributed by atoms with Crippen LogP contribution in [0.4, 0.5) is 0 Å². The molecule has 0 aromatic heterocycles. The Morgan fingerprint density at radius 1 is 1.73 bits per heavy atom. The van der Waals surface area contributed by atoms with Gasteiger partial charge in [0.1, 0.15) is 18.0 Å². The lowest BCUT2D eigenvalue weighted by Gasteiger charge is -2.24. The number of ether oxygens (including phenoxy) is 2. The van der Waals surface area contributed by atoms with Gasteiger partial charge in [-0.1, -0.05) is 0 Å². The largest absolute Gasteiger partial charge is 0.498 e. The van der Waals surface area contributed by atoms with Crippen LogP contribution in [0.15, 0.2) is 11.8 Å². The Morgan fingerprint density at radius 2 is 2.36 bits per heavy atom. The smallest absolute Gasteiger partial charge is 0.334 e. The van der Waals surface area contributed by atoms with Gasteiger partial charge in [0.2, 0.25) is 0 Å². The number of carbonyl (C=O) groups excluding carboxylic acids is 1. The average molecular weight is 158 g/mol. The third-order valence-corrected chi connectivity index (χ3v) is 1.53. The van der Waals surface area contributed by atoms with E-state index in [1.807, 2.05) is 0 Å². The molecule has 2 atom stereocenters. The van der Waals surface area contributed by atoms with E-state index in [2.05, 4.69) is 4.74 Å². The average Bonchev–Trinajstić information content (AvgIpc) is 1.96. The highest BCUT2D eigenvalue weighted by atomic mass is 16.6. The maximum Gasteiger partial charge on any atom is 0.334 e. The van der Waals surface area contributed by atoms with Crippen LogP contribution in [-0.4, -0.2) is 30.4 Å². The predicted molar refractivity (Wildman–Crippen MR) is 36.7 cm³/mol. The van der Waals surface area contributed by atoms with Crippen LogP contribution in [0.25, 0.3) is 0 Å². The fourth-order valence-corrected chi connectivity index (χ4v) is 0.894. The van der Waals surface area contributed by atoms with Crippen LogP contribution in [0.2, 0.25) is 0 Å². The Hall–Kier alpha value is -1.03. The van der Waals surface area contributed by atoms with Crippen molar-refractivity contribution in [3.63, 3.8) is 0 Å². The van der Waals surface area contributed by atoms with Crippen molar-refractivity contribution in [1.82, 2.24) is 0 Å². The van der Waals surface area contributed by atoms with Crippen LogP contribution in [0.3, 0.4) is 0 Å². The summed E-state index contributed by atoms with van der Waals surface area (Å²) in [5.41, 5.74) is 0. The van der Waals surface area contributed by atoms with Crippen LogP contribution < -0.4 is 0 Å². The van der Waals surface area contributed by atoms with Crippen molar-refractivity contribution in [2.75, 3.05) is 7.11 Å². The summed E-state index contributed by atoms with van der Waals surface area (Å²) >= 11 is 0. The van der Waals surface area contributed by atoms with Gasteiger partial charge in [-0.3, -0.25) is 0 Å². The van der Waals surface area contributed by atoms with Gasteiger partial charge in [-0.2, -0.15) is 0 Å². The summed E-state index contributed by atoms with van der Waals surface area (Å²) in [4.78, 5) is 10.7. The summed E-state index contributed by atoms with van der Waals surface area (Å²) in [5.74, 6) is -0.214. The molecule has 0 aliphatic carbocycles. The number of rotatable bonds is 1. The highest BCUT2D eigenvalue weighted by Crippen LogP contribution is 2.15. The van der Waals surface area contributed by atoms with Gasteiger partial charge >= 0.3 is 5.97 Å². The molecular formula is C7H10O4. The minimum Gasteiger partial charge on any atom is -0.498 e. The van der Waals surface area contributed by atoms with Crippen molar-refractivity contribution in [2.45, 2.75) is 19.1 Å². The Balaban J connectivity index is 2.81. The van der Waals surface area contributed by atoms with Gasteiger partial charge in [0, 0.05) is 0 Å². The molecule has 4 heteroatoms. The Morgan fingerprint density at radius 3 is 2.91 bits per heavy atom. The first-order valence-corrected chi connectivity index (χ1v) is 3.29. The molecule has 1 aliphatic heterocycles. The van der Waals surface area contributed by atoms with E-state index < -0.39 is 18.2 Å². The topological polar surface area (TPSA) is 55.8 Å². The van der Waals surface area contributed by atoms with Crippen LogP contribution in [0, 0.1) is 0 Å². The maximum absolute atomic E-state index is 10.7. The molecule has 1 heterocycles. The van der Waals surface area contributed by atoms with E-state index in [9.17, 15) is 9.90 Å². The summed E-state index contributed by atoms with van der Waals surface area (Å²) in [7, 11) is 1.40. The molecule has 4 nitrogen and oxygen atoms in total. The number of aliphatic hydroxyl groups is 1. The molecule has 0 spiro atoms. The SMILES string of the molecule is COC1=CC(=O)O[C@H](C)[C@H]1O. The van der Waals surface area contributed by atoms with Crippen LogP contribution >= 0.6 is 0 Å². The number of hydrogen-bond donors (Lipinski definition) is 1. The number of cyclic esters (lactones) is 1. The summed E-state index contributed by atoms with van der Waals surface area (Å²) in [6, 6.07) is 0. The second-order valence-corrected chi connectivity index (χ2v) is 2.34. The van der Waals surface area contributed by atoms with Crippen LogP contribution in [0.5, 0.6) is 0 Å². The molecule has 1 N–H and O–H groups in total.